The third-order valence-electron chi connectivity index (χ3n) is 26.6. The van der Waals surface area contributed by atoms with Crippen LogP contribution in [0.4, 0.5) is 73.4 Å². The van der Waals surface area contributed by atoms with Crippen molar-refractivity contribution < 1.29 is 86.6 Å². The van der Waals surface area contributed by atoms with Crippen molar-refractivity contribution in [3.8, 4) is 0 Å². The van der Waals surface area contributed by atoms with E-state index in [4.69, 9.17) is 18.6 Å². The smallest absolute Gasteiger partial charge is 0.112 e. The number of rotatable bonds is 15. The molecule has 0 saturated heterocycles. The summed E-state index contributed by atoms with van der Waals surface area (Å²) in [6, 6.07) is 80.7. The minimum Gasteiger partial charge on any atom is -0.222 e. The third kappa shape index (κ3) is 21.1. The molecule has 10 nitrogen and oxygen atoms in total. The van der Waals surface area contributed by atoms with Crippen molar-refractivity contribution in [2.45, 2.75) is 176 Å². The molecule has 0 saturated carbocycles. The fraction of sp³-hybridized carbons (Fsp3) is 0.294. The number of nitrogens with zero attached hydrogens (tertiary/aromatic N) is 6. The predicted molar refractivity (Wildman–Crippen MR) is 522 cm³/mol. The van der Waals surface area contributed by atoms with Gasteiger partial charge in [-0.05, 0) is 168 Å². The zero-order valence-electron chi connectivity index (χ0n) is 78.9. The van der Waals surface area contributed by atoms with Crippen molar-refractivity contribution in [2.75, 3.05) is 47.4 Å². The maximum absolute atomic E-state index is 10.7. The van der Waals surface area contributed by atoms with Crippen LogP contribution in [-0.2, 0) is 32.5 Å². The van der Waals surface area contributed by atoms with Crippen LogP contribution >= 0.6 is 7.81 Å². The molecule has 12 aromatic rings. The number of allylic oxidation sites excluding steroid dienone is 12. The van der Waals surface area contributed by atoms with Crippen LogP contribution in [0.3, 0.4) is 0 Å². The molecule has 18 rings (SSSR count). The van der Waals surface area contributed by atoms with E-state index in [9.17, 15) is 39.2 Å². The topological polar surface area (TPSA) is 111 Å². The number of unbranched alkanes of at least 4 members (excludes halogenated alkanes) is 1. The number of anilines is 3. The maximum Gasteiger partial charge on any atom is -0.112 e. The Balaban J connectivity index is 0.000000165. The van der Waals surface area contributed by atoms with Crippen LogP contribution in [0.2, 0.25) is 0 Å². The minimum atomic E-state index is -10.7. The van der Waals surface area contributed by atoms with Crippen molar-refractivity contribution in [3.05, 3.63) is 336 Å². The summed E-state index contributed by atoms with van der Waals surface area (Å²) in [7, 11) is -15.6. The molecule has 6 aliphatic heterocycles. The standard InChI is InChI=1S/C37H41N2.C36H39N2.C36H37N2.ClHO4.F6P.6FH.Sb/c1-7-9-25-39-33(37(5,6)31-24-22-27-16-11-13-18-29(27)35(31)39)20-14-19-32-36(3,4)30-23-21-26-15-10-12-17-28(26)34(30)38(32)8-2;1-8-37-31(35(4,5)29-22-20-25-14-9-11-16-27(25)33(29)37)18-13-19-32-36(6,7)30-23-21-26-15-10-12-17-28(26)34(30)38(32)24(2)3;1-7-24-38-32(36(5,6)30-23-21-26-15-10-12-17-28(26)34(30)38)19-13-18-31-35(3,4)29-22-20-25-14-9-11-16-27(25)33(29)37(31)8-2;2-1(3,4)5;1-7(2,3,4,5)6;;;;;;;/h10-24H,7-9,25H2,1-6H3;9-24H,8H2,1-7H3;7,9-23H,1,8,24H2,2-6H3;(H,2,3,4,5);;6*1H;/q3*+1;;-1;;;;;;;+5/p-7. The van der Waals surface area contributed by atoms with Gasteiger partial charge in [-0.15, -0.1) is 10.2 Å². The van der Waals surface area contributed by atoms with Crippen molar-refractivity contribution >= 4 is 144 Å². The largest absolute Gasteiger partial charge is 0.222 e. The van der Waals surface area contributed by atoms with E-state index < -0.39 is 38.4 Å². The van der Waals surface area contributed by atoms with E-state index in [0.717, 1.165) is 32.7 Å². The monoisotopic (exact) mass is 1990 g/mol. The van der Waals surface area contributed by atoms with Crippen molar-refractivity contribution in [2.24, 2.45) is 0 Å². The van der Waals surface area contributed by atoms with Crippen LogP contribution in [0, 0.1) is 10.2 Å². The number of likely N-dealkylation sites (N-methyl/N-ethyl adjacent to an activating group) is 2. The van der Waals surface area contributed by atoms with Gasteiger partial charge in [0.2, 0.25) is 17.1 Å². The molecule has 134 heavy (non-hydrogen) atoms. The minimum absolute atomic E-state index is 0. The molecule has 0 atom stereocenters. The third-order valence-corrected chi connectivity index (χ3v) is 26.6. The fourth-order valence-electron chi connectivity index (χ4n) is 20.7. The predicted octanol–water partition coefficient (Wildman–Crippen LogP) is 24.6. The molecule has 0 spiro atoms. The average molecular weight is 1990 g/mol. The van der Waals surface area contributed by atoms with E-state index in [1.165, 1.54) is 179 Å². The summed E-state index contributed by atoms with van der Waals surface area (Å²) in [5, 5.41) is 15.8. The zero-order chi connectivity index (χ0) is 97.2. The van der Waals surface area contributed by atoms with Crippen LogP contribution < -0.4 is 38.0 Å². The summed E-state index contributed by atoms with van der Waals surface area (Å²) < 4.78 is 150. The Morgan fingerprint density at radius 2 is 0.627 bits per heavy atom. The summed E-state index contributed by atoms with van der Waals surface area (Å²) in [5.41, 5.74) is 24.3. The first-order chi connectivity index (χ1) is 62.0. The average Bonchev–Trinajstić information content (AvgIpc) is 1.60. The number of hydrogen-bond donors (Lipinski definition) is 0. The summed E-state index contributed by atoms with van der Waals surface area (Å²) in [6.45, 7) is 50.8. The van der Waals surface area contributed by atoms with Gasteiger partial charge >= 0.3 is 67.4 Å². The van der Waals surface area contributed by atoms with Crippen molar-refractivity contribution in [1.82, 2.24) is 0 Å². The van der Waals surface area contributed by atoms with Crippen molar-refractivity contribution in [1.29, 1.82) is 0 Å². The van der Waals surface area contributed by atoms with Gasteiger partial charge in [-0.3, -0.25) is 0 Å². The van der Waals surface area contributed by atoms with Crippen LogP contribution in [-0.4, -0.2) is 89.9 Å². The van der Waals surface area contributed by atoms with Gasteiger partial charge in [-0.1, -0.05) is 280 Å². The van der Waals surface area contributed by atoms with E-state index in [0.29, 0.717) is 6.04 Å². The molecule has 0 amide bonds. The second-order valence-electron chi connectivity index (χ2n) is 37.8. The second kappa shape index (κ2) is 37.1. The van der Waals surface area contributed by atoms with Gasteiger partial charge in [-0.2, -0.15) is 13.7 Å². The molecule has 6 aliphatic rings. The van der Waals surface area contributed by atoms with Gasteiger partial charge in [0, 0.05) is 110 Å². The summed E-state index contributed by atoms with van der Waals surface area (Å²) in [6.07, 6.45) is 25.4. The zero-order valence-corrected chi connectivity index (χ0v) is 83.1. The molecular formula is C109H117ClF12N6O4PSb. The van der Waals surface area contributed by atoms with E-state index >= 15 is 0 Å². The van der Waals surface area contributed by atoms with Gasteiger partial charge in [-0.25, -0.2) is 18.6 Å². The van der Waals surface area contributed by atoms with Crippen LogP contribution in [0.1, 0.15) is 171 Å². The molecule has 0 aliphatic carbocycles. The number of halogens is 13. The van der Waals surface area contributed by atoms with E-state index in [1.807, 2.05) is 6.08 Å². The second-order valence-corrected chi connectivity index (χ2v) is 44.1. The van der Waals surface area contributed by atoms with Crippen LogP contribution in [0.15, 0.2) is 303 Å². The Labute approximate surface area is 784 Å². The molecule has 12 aromatic carbocycles. The Bertz CT molecular complexity index is 6880. The molecule has 0 fully saturated rings. The molecule has 6 heterocycles. The first-order valence-electron chi connectivity index (χ1n) is 45.0. The molecule has 0 aromatic heterocycles. The Kier molecular flexibility index (Phi) is 28.3. The Hall–Kier alpha value is -10.7. The summed E-state index contributed by atoms with van der Waals surface area (Å²) >= 11 is -9.19. The van der Waals surface area contributed by atoms with Gasteiger partial charge < -0.3 is 19.4 Å². The maximum atomic E-state index is 9.91. The molecule has 708 valence electrons. The molecule has 25 heteroatoms. The summed E-state index contributed by atoms with van der Waals surface area (Å²) in [4.78, 5) is 7.60. The molecule has 0 bridgehead atoms. The molecule has 0 unspecified atom stereocenters. The molecular weight excluding hydrogens is 1870 g/mol. The van der Waals surface area contributed by atoms with Gasteiger partial charge in [0.25, 0.3) is 0 Å². The summed E-state index contributed by atoms with van der Waals surface area (Å²) in [5.74, 6) is 0. The Morgan fingerprint density at radius 3 is 0.933 bits per heavy atom. The van der Waals surface area contributed by atoms with Gasteiger partial charge in [0.15, 0.2) is 23.7 Å². The van der Waals surface area contributed by atoms with Crippen LogP contribution in [0.5, 0.6) is 0 Å². The fourth-order valence-corrected chi connectivity index (χ4v) is 20.7. The normalized spacial score (nSPS) is 18.6. The molecule has 0 radical (unpaired) electrons. The quantitative estimate of drug-likeness (QED) is 0.0330. The van der Waals surface area contributed by atoms with E-state index in [-0.39, 0.29) is 37.2 Å². The first-order valence-corrected chi connectivity index (χ1v) is 53.0. The van der Waals surface area contributed by atoms with E-state index in [1.54, 1.807) is 0 Å². The first kappa shape index (κ1) is 102. The Morgan fingerprint density at radius 1 is 0.373 bits per heavy atom. The number of benzene rings is 12. The van der Waals surface area contributed by atoms with E-state index in [2.05, 4.69) is 433 Å². The number of hydrogen-bond acceptors (Lipinski definition) is 7. The van der Waals surface area contributed by atoms with Gasteiger partial charge in [0.05, 0.1) is 49.5 Å². The van der Waals surface area contributed by atoms with Crippen molar-refractivity contribution in [3.63, 3.8) is 0 Å². The SMILES string of the molecule is C=CC[N+]1=C(C=CC=C2N(CC)c3c(ccc4ccccc34)C2(C)C)C(C)(C)c2ccc3ccccc3c21.CCCC[N+]1=C(C=CC=C2N(CC)c3c(ccc4ccccc34)C2(C)C)C(C)(C)c2ccc3ccccc3c21.CC[N+]1=C(C=CC=C2N(C(C)C)c3c(ccc4ccccc34)C2(C)C)C(C)(C)c2ccc3ccccc3c21.F[P-](F)(F)(F)(F)F.[F-].[F][Sb]([F])([F])([F])[F].[O-][Cl+3]([O-])([O-])[O-]. The molecule has 0 N–H and O–H groups in total. The number of fused-ring (bicyclic) bond motifs is 18. The van der Waals surface area contributed by atoms with Gasteiger partial charge in [0.1, 0.15) is 13.1 Å². The van der Waals surface area contributed by atoms with Crippen LogP contribution in [0.25, 0.3) is 64.6 Å².